The summed E-state index contributed by atoms with van der Waals surface area (Å²) in [7, 11) is 1.50. The van der Waals surface area contributed by atoms with Crippen LogP contribution in [0.4, 0.5) is 18.9 Å². The lowest BCUT2D eigenvalue weighted by molar-refractivity contribution is -0.137. The Morgan fingerprint density at radius 2 is 2.06 bits per heavy atom. The van der Waals surface area contributed by atoms with Crippen LogP contribution >= 0.6 is 15.9 Å². The molecule has 0 aromatic heterocycles. The second kappa shape index (κ2) is 5.73. The van der Waals surface area contributed by atoms with Crippen molar-refractivity contribution >= 4 is 21.6 Å². The van der Waals surface area contributed by atoms with Gasteiger partial charge in [0.05, 0.1) is 12.2 Å². The molecule has 1 N–H and O–H groups in total. The summed E-state index contributed by atoms with van der Waals surface area (Å²) in [5.41, 5.74) is -0.625. The SMILES string of the molecule is COCC(C)Nc1cc(Br)ccc1C(F)(F)F. The molecule has 6 heteroatoms. The fourth-order valence-corrected chi connectivity index (χ4v) is 1.80. The van der Waals surface area contributed by atoms with Crippen molar-refractivity contribution in [3.05, 3.63) is 28.2 Å². The lowest BCUT2D eigenvalue weighted by atomic mass is 10.1. The van der Waals surface area contributed by atoms with Gasteiger partial charge in [0.1, 0.15) is 0 Å². The number of alkyl halides is 3. The van der Waals surface area contributed by atoms with Crippen LogP contribution in [-0.2, 0) is 10.9 Å². The van der Waals surface area contributed by atoms with Crippen LogP contribution in [0.2, 0.25) is 0 Å². The Hall–Kier alpha value is -0.750. The third-order valence-electron chi connectivity index (χ3n) is 2.11. The second-order valence-corrected chi connectivity index (χ2v) is 4.60. The van der Waals surface area contributed by atoms with Crippen LogP contribution in [0.5, 0.6) is 0 Å². The standard InChI is InChI=1S/C11H13BrF3NO/c1-7(6-17-2)16-10-5-8(12)3-4-9(10)11(13,14)15/h3-5,7,16H,6H2,1-2H3. The number of methoxy groups -OCH3 is 1. The van der Waals surface area contributed by atoms with E-state index in [-0.39, 0.29) is 11.7 Å². The minimum atomic E-state index is -4.37. The smallest absolute Gasteiger partial charge is 0.383 e. The van der Waals surface area contributed by atoms with Gasteiger partial charge in [-0.3, -0.25) is 0 Å². The van der Waals surface area contributed by atoms with E-state index in [1.54, 1.807) is 6.92 Å². The molecule has 0 aliphatic carbocycles. The van der Waals surface area contributed by atoms with Crippen LogP contribution in [0.25, 0.3) is 0 Å². The topological polar surface area (TPSA) is 21.3 Å². The Labute approximate surface area is 106 Å². The van der Waals surface area contributed by atoms with Crippen LogP contribution in [0.15, 0.2) is 22.7 Å². The highest BCUT2D eigenvalue weighted by molar-refractivity contribution is 9.10. The number of rotatable bonds is 4. The van der Waals surface area contributed by atoms with E-state index in [2.05, 4.69) is 21.2 Å². The van der Waals surface area contributed by atoms with Crippen molar-refractivity contribution in [3.63, 3.8) is 0 Å². The van der Waals surface area contributed by atoms with Crippen molar-refractivity contribution in [2.45, 2.75) is 19.1 Å². The van der Waals surface area contributed by atoms with Gasteiger partial charge in [0, 0.05) is 23.3 Å². The highest BCUT2D eigenvalue weighted by Gasteiger charge is 2.33. The maximum Gasteiger partial charge on any atom is 0.418 e. The summed E-state index contributed by atoms with van der Waals surface area (Å²) < 4.78 is 43.7. The molecular formula is C11H13BrF3NO. The molecule has 0 heterocycles. The predicted molar refractivity (Wildman–Crippen MR) is 64.1 cm³/mol. The molecule has 1 rings (SSSR count). The first-order chi connectivity index (χ1) is 7.84. The number of hydrogen-bond acceptors (Lipinski definition) is 2. The lowest BCUT2D eigenvalue weighted by Crippen LogP contribution is -2.23. The molecule has 1 unspecified atom stereocenters. The van der Waals surface area contributed by atoms with Gasteiger partial charge in [-0.1, -0.05) is 15.9 Å². The number of hydrogen-bond donors (Lipinski definition) is 1. The summed E-state index contributed by atoms with van der Waals surface area (Å²) in [6, 6.07) is 3.63. The average molecular weight is 312 g/mol. The van der Waals surface area contributed by atoms with Gasteiger partial charge in [0.2, 0.25) is 0 Å². The fraction of sp³-hybridized carbons (Fsp3) is 0.455. The third-order valence-corrected chi connectivity index (χ3v) is 2.60. The monoisotopic (exact) mass is 311 g/mol. The third kappa shape index (κ3) is 4.20. The first-order valence-corrected chi connectivity index (χ1v) is 5.76. The summed E-state index contributed by atoms with van der Waals surface area (Å²) in [5, 5.41) is 2.78. The summed E-state index contributed by atoms with van der Waals surface area (Å²) in [4.78, 5) is 0. The Bertz CT molecular complexity index is 381. The minimum Gasteiger partial charge on any atom is -0.383 e. The molecule has 17 heavy (non-hydrogen) atoms. The number of nitrogens with one attached hydrogen (secondary N) is 1. The minimum absolute atomic E-state index is 0.0522. The normalized spacial score (nSPS) is 13.5. The molecule has 0 saturated carbocycles. The zero-order valence-electron chi connectivity index (χ0n) is 9.44. The zero-order valence-corrected chi connectivity index (χ0v) is 11.0. The van der Waals surface area contributed by atoms with Crippen molar-refractivity contribution in [1.29, 1.82) is 0 Å². The van der Waals surface area contributed by atoms with E-state index >= 15 is 0 Å². The molecule has 0 radical (unpaired) electrons. The van der Waals surface area contributed by atoms with Gasteiger partial charge in [0.15, 0.2) is 0 Å². The van der Waals surface area contributed by atoms with Crippen LogP contribution < -0.4 is 5.32 Å². The van der Waals surface area contributed by atoms with Gasteiger partial charge in [0.25, 0.3) is 0 Å². The molecule has 0 aliphatic rings. The van der Waals surface area contributed by atoms with Gasteiger partial charge in [-0.05, 0) is 25.1 Å². The van der Waals surface area contributed by atoms with Gasteiger partial charge in [-0.2, -0.15) is 13.2 Å². The summed E-state index contributed by atoms with van der Waals surface area (Å²) in [6.07, 6.45) is -4.37. The van der Waals surface area contributed by atoms with E-state index in [1.807, 2.05) is 0 Å². The number of ether oxygens (including phenoxy) is 1. The highest BCUT2D eigenvalue weighted by Crippen LogP contribution is 2.36. The number of anilines is 1. The van der Waals surface area contributed by atoms with E-state index in [4.69, 9.17) is 4.74 Å². The molecule has 0 fully saturated rings. The first kappa shape index (κ1) is 14.3. The highest BCUT2D eigenvalue weighted by atomic mass is 79.9. The Morgan fingerprint density at radius 3 is 2.59 bits per heavy atom. The molecular weight excluding hydrogens is 299 g/mol. The van der Waals surface area contributed by atoms with Crippen LogP contribution in [-0.4, -0.2) is 19.8 Å². The van der Waals surface area contributed by atoms with Crippen molar-refractivity contribution in [2.75, 3.05) is 19.0 Å². The summed E-state index contributed by atoms with van der Waals surface area (Å²) in [5.74, 6) is 0. The Balaban J connectivity index is 2.99. The molecule has 0 bridgehead atoms. The van der Waals surface area contributed by atoms with E-state index in [1.165, 1.54) is 19.2 Å². The van der Waals surface area contributed by atoms with E-state index in [9.17, 15) is 13.2 Å². The summed E-state index contributed by atoms with van der Waals surface area (Å²) in [6.45, 7) is 2.09. The largest absolute Gasteiger partial charge is 0.418 e. The van der Waals surface area contributed by atoms with E-state index < -0.39 is 11.7 Å². The van der Waals surface area contributed by atoms with Crippen LogP contribution in [0.1, 0.15) is 12.5 Å². The van der Waals surface area contributed by atoms with E-state index in [0.717, 1.165) is 6.07 Å². The summed E-state index contributed by atoms with van der Waals surface area (Å²) >= 11 is 3.15. The van der Waals surface area contributed by atoms with Crippen molar-refractivity contribution in [1.82, 2.24) is 0 Å². The van der Waals surface area contributed by atoms with Crippen molar-refractivity contribution in [2.24, 2.45) is 0 Å². The first-order valence-electron chi connectivity index (χ1n) is 4.97. The molecule has 96 valence electrons. The average Bonchev–Trinajstić information content (AvgIpc) is 2.15. The Morgan fingerprint density at radius 1 is 1.41 bits per heavy atom. The molecule has 0 aliphatic heterocycles. The van der Waals surface area contributed by atoms with Crippen molar-refractivity contribution < 1.29 is 17.9 Å². The lowest BCUT2D eigenvalue weighted by Gasteiger charge is -2.19. The van der Waals surface area contributed by atoms with Crippen LogP contribution in [0, 0.1) is 0 Å². The zero-order chi connectivity index (χ0) is 13.1. The molecule has 2 nitrogen and oxygen atoms in total. The maximum absolute atomic E-state index is 12.7. The second-order valence-electron chi connectivity index (χ2n) is 3.69. The van der Waals surface area contributed by atoms with Gasteiger partial charge < -0.3 is 10.1 Å². The molecule has 1 aromatic carbocycles. The van der Waals surface area contributed by atoms with Crippen LogP contribution in [0.3, 0.4) is 0 Å². The maximum atomic E-state index is 12.7. The molecule has 0 amide bonds. The molecule has 0 saturated heterocycles. The predicted octanol–water partition coefficient (Wildman–Crippen LogP) is 3.91. The quantitative estimate of drug-likeness (QED) is 0.910. The number of benzene rings is 1. The van der Waals surface area contributed by atoms with Gasteiger partial charge >= 0.3 is 6.18 Å². The molecule has 0 spiro atoms. The van der Waals surface area contributed by atoms with E-state index in [0.29, 0.717) is 11.1 Å². The van der Waals surface area contributed by atoms with Gasteiger partial charge in [-0.15, -0.1) is 0 Å². The number of halogens is 4. The Kier molecular flexibility index (Phi) is 4.82. The molecule has 1 atom stereocenters. The molecule has 1 aromatic rings. The van der Waals surface area contributed by atoms with Gasteiger partial charge in [-0.25, -0.2) is 0 Å². The fourth-order valence-electron chi connectivity index (χ4n) is 1.44. The van der Waals surface area contributed by atoms with Crippen molar-refractivity contribution in [3.8, 4) is 0 Å².